The Hall–Kier alpha value is -2.54. The van der Waals surface area contributed by atoms with Gasteiger partial charge >= 0.3 is 12.1 Å². The third-order valence-electron chi connectivity index (χ3n) is 4.53. The van der Waals surface area contributed by atoms with E-state index in [1.807, 2.05) is 6.92 Å². The second-order valence-corrected chi connectivity index (χ2v) is 7.69. The lowest BCUT2D eigenvalue weighted by atomic mass is 10.2. The van der Waals surface area contributed by atoms with Crippen LogP contribution in [0.2, 0.25) is 0 Å². The molecule has 0 aromatic carbocycles. The molecule has 0 amide bonds. The molecule has 30 heavy (non-hydrogen) atoms. The molecule has 2 bridgehead atoms. The SMILES string of the molecule is Cc1nnc(N2CCOC3CCC2C3Oc2ncccc2F)s1.O=C(O)C(F)(F)F. The number of aryl methyl sites for hydroxylation is 1. The molecule has 1 saturated carbocycles. The number of pyridine rings is 1. The minimum absolute atomic E-state index is 0.0355. The van der Waals surface area contributed by atoms with Crippen molar-refractivity contribution >= 4 is 22.4 Å². The van der Waals surface area contributed by atoms with Crippen molar-refractivity contribution in [2.75, 3.05) is 18.1 Å². The number of aliphatic carboxylic acids is 1. The summed E-state index contributed by atoms with van der Waals surface area (Å²) in [6.45, 7) is 3.27. The van der Waals surface area contributed by atoms with Crippen LogP contribution < -0.4 is 9.64 Å². The molecule has 2 fully saturated rings. The van der Waals surface area contributed by atoms with E-state index in [-0.39, 0.29) is 24.1 Å². The van der Waals surface area contributed by atoms with Crippen LogP contribution in [0.25, 0.3) is 0 Å². The van der Waals surface area contributed by atoms with Gasteiger partial charge in [0.25, 0.3) is 5.88 Å². The first-order valence-corrected chi connectivity index (χ1v) is 9.74. The van der Waals surface area contributed by atoms with Crippen LogP contribution in [-0.2, 0) is 9.53 Å². The summed E-state index contributed by atoms with van der Waals surface area (Å²) in [6.07, 6.45) is -2.05. The maximum atomic E-state index is 13.9. The highest BCUT2D eigenvalue weighted by Crippen LogP contribution is 2.36. The molecule has 3 heterocycles. The lowest BCUT2D eigenvalue weighted by molar-refractivity contribution is -0.192. The molecule has 3 unspecified atom stereocenters. The van der Waals surface area contributed by atoms with Gasteiger partial charge in [-0.25, -0.2) is 14.2 Å². The fourth-order valence-corrected chi connectivity index (χ4v) is 4.04. The first-order chi connectivity index (χ1) is 14.2. The quantitative estimate of drug-likeness (QED) is 0.713. The van der Waals surface area contributed by atoms with Crippen molar-refractivity contribution in [2.24, 2.45) is 0 Å². The smallest absolute Gasteiger partial charge is 0.475 e. The van der Waals surface area contributed by atoms with Crippen molar-refractivity contribution < 1.29 is 36.9 Å². The van der Waals surface area contributed by atoms with E-state index in [1.165, 1.54) is 12.3 Å². The minimum atomic E-state index is -5.08. The van der Waals surface area contributed by atoms with Gasteiger partial charge in [-0.1, -0.05) is 11.3 Å². The Kier molecular flexibility index (Phi) is 6.71. The lowest BCUT2D eigenvalue weighted by Crippen LogP contribution is -2.45. The summed E-state index contributed by atoms with van der Waals surface area (Å²) in [5.74, 6) is -3.17. The zero-order valence-electron chi connectivity index (χ0n) is 15.7. The highest BCUT2D eigenvalue weighted by Gasteiger charge is 2.45. The first kappa shape index (κ1) is 22.2. The third kappa shape index (κ3) is 5.14. The topological polar surface area (TPSA) is 97.7 Å². The van der Waals surface area contributed by atoms with E-state index in [1.54, 1.807) is 17.4 Å². The minimum Gasteiger partial charge on any atom is -0.475 e. The normalized spacial score (nSPS) is 23.4. The Bertz CT molecular complexity index is 881. The van der Waals surface area contributed by atoms with E-state index in [0.717, 1.165) is 29.5 Å². The molecule has 0 spiro atoms. The second-order valence-electron chi connectivity index (χ2n) is 6.53. The predicted molar refractivity (Wildman–Crippen MR) is 97.1 cm³/mol. The number of fused-ring (bicyclic) bond motifs is 2. The zero-order chi connectivity index (χ0) is 21.9. The number of carboxylic acid groups (broad SMARTS) is 1. The van der Waals surface area contributed by atoms with Crippen LogP contribution in [-0.4, -0.2) is 63.8 Å². The number of anilines is 1. The number of alkyl halides is 3. The molecule has 0 radical (unpaired) electrons. The van der Waals surface area contributed by atoms with Gasteiger partial charge in [-0.2, -0.15) is 13.2 Å². The van der Waals surface area contributed by atoms with Crippen molar-refractivity contribution in [1.82, 2.24) is 15.2 Å². The molecule has 2 aromatic heterocycles. The molecule has 3 atom stereocenters. The van der Waals surface area contributed by atoms with Crippen molar-refractivity contribution in [3.8, 4) is 5.88 Å². The number of hydrogen-bond acceptors (Lipinski definition) is 8. The van der Waals surface area contributed by atoms with E-state index >= 15 is 0 Å². The Morgan fingerprint density at radius 1 is 1.37 bits per heavy atom. The van der Waals surface area contributed by atoms with Crippen LogP contribution in [0.5, 0.6) is 5.88 Å². The van der Waals surface area contributed by atoms with Gasteiger partial charge in [0.15, 0.2) is 5.82 Å². The van der Waals surface area contributed by atoms with Gasteiger partial charge in [0.2, 0.25) is 5.13 Å². The van der Waals surface area contributed by atoms with Crippen LogP contribution >= 0.6 is 11.3 Å². The average molecular weight is 450 g/mol. The van der Waals surface area contributed by atoms with E-state index in [9.17, 15) is 17.6 Å². The van der Waals surface area contributed by atoms with Crippen LogP contribution in [0.4, 0.5) is 22.7 Å². The Balaban J connectivity index is 0.000000318. The molecule has 1 saturated heterocycles. The molecular weight excluding hydrogens is 432 g/mol. The highest BCUT2D eigenvalue weighted by atomic mass is 32.1. The Labute approximate surface area is 172 Å². The maximum Gasteiger partial charge on any atom is 0.490 e. The molecule has 1 aliphatic heterocycles. The van der Waals surface area contributed by atoms with Gasteiger partial charge in [-0.05, 0) is 31.9 Å². The number of ether oxygens (including phenoxy) is 2. The van der Waals surface area contributed by atoms with Crippen molar-refractivity contribution in [3.05, 3.63) is 29.2 Å². The summed E-state index contributed by atoms with van der Waals surface area (Å²) in [6, 6.07) is 3.00. The Morgan fingerprint density at radius 2 is 2.10 bits per heavy atom. The van der Waals surface area contributed by atoms with E-state index < -0.39 is 18.0 Å². The van der Waals surface area contributed by atoms with Gasteiger partial charge < -0.3 is 19.5 Å². The largest absolute Gasteiger partial charge is 0.490 e. The maximum absolute atomic E-state index is 13.9. The van der Waals surface area contributed by atoms with E-state index in [4.69, 9.17) is 19.4 Å². The van der Waals surface area contributed by atoms with Crippen molar-refractivity contribution in [3.63, 3.8) is 0 Å². The van der Waals surface area contributed by atoms with E-state index in [0.29, 0.717) is 6.61 Å². The number of carboxylic acids is 1. The van der Waals surface area contributed by atoms with Gasteiger partial charge in [0.1, 0.15) is 11.1 Å². The number of rotatable bonds is 3. The molecule has 164 valence electrons. The third-order valence-corrected chi connectivity index (χ3v) is 5.41. The van der Waals surface area contributed by atoms with Gasteiger partial charge in [-0.15, -0.1) is 10.2 Å². The van der Waals surface area contributed by atoms with Crippen molar-refractivity contribution in [1.29, 1.82) is 0 Å². The lowest BCUT2D eigenvalue weighted by Gasteiger charge is -2.30. The van der Waals surface area contributed by atoms with Crippen molar-refractivity contribution in [2.45, 2.75) is 44.2 Å². The molecule has 2 aromatic rings. The molecule has 8 nitrogen and oxygen atoms in total. The number of carbonyl (C=O) groups is 1. The molecule has 2 aliphatic rings. The summed E-state index contributed by atoms with van der Waals surface area (Å²) in [4.78, 5) is 15.1. The summed E-state index contributed by atoms with van der Waals surface area (Å²) < 4.78 is 57.4. The number of aromatic nitrogens is 3. The highest BCUT2D eigenvalue weighted by molar-refractivity contribution is 7.15. The monoisotopic (exact) mass is 450 g/mol. The fourth-order valence-electron chi connectivity index (χ4n) is 3.27. The average Bonchev–Trinajstić information content (AvgIpc) is 3.20. The predicted octanol–water partition coefficient (Wildman–Crippen LogP) is 2.83. The zero-order valence-corrected chi connectivity index (χ0v) is 16.5. The van der Waals surface area contributed by atoms with Gasteiger partial charge in [-0.3, -0.25) is 0 Å². The summed E-state index contributed by atoms with van der Waals surface area (Å²) >= 11 is 1.56. The number of hydrogen-bond donors (Lipinski definition) is 1. The van der Waals surface area contributed by atoms with Crippen LogP contribution in [0.3, 0.4) is 0 Å². The van der Waals surface area contributed by atoms with Crippen LogP contribution in [0.1, 0.15) is 17.8 Å². The summed E-state index contributed by atoms with van der Waals surface area (Å²) in [7, 11) is 0. The molecule has 1 aliphatic carbocycles. The van der Waals surface area contributed by atoms with Crippen LogP contribution in [0.15, 0.2) is 18.3 Å². The standard InChI is InChI=1S/C15H17FN4O2S.C2HF3O2/c1-9-18-19-15(23-9)20-7-8-21-12-5-4-11(20)13(12)22-14-10(16)3-2-6-17-14;3-2(4,5)1(6)7/h2-3,6,11-13H,4-5,7-8H2,1H3;(H,6,7). The molecule has 1 N–H and O–H groups in total. The molecule has 13 heteroatoms. The summed E-state index contributed by atoms with van der Waals surface area (Å²) in [5.41, 5.74) is 0. The number of halogens is 4. The number of nitrogens with zero attached hydrogens (tertiary/aromatic N) is 4. The van der Waals surface area contributed by atoms with Gasteiger partial charge in [0.05, 0.1) is 18.8 Å². The van der Waals surface area contributed by atoms with E-state index in [2.05, 4.69) is 20.1 Å². The summed E-state index contributed by atoms with van der Waals surface area (Å²) in [5, 5.41) is 17.3. The first-order valence-electron chi connectivity index (χ1n) is 8.92. The molecular formula is C17H18F4N4O4S. The van der Waals surface area contributed by atoms with Gasteiger partial charge in [0, 0.05) is 12.7 Å². The second kappa shape index (κ2) is 9.08. The molecule has 4 rings (SSSR count). The van der Waals surface area contributed by atoms with Crippen LogP contribution in [0, 0.1) is 12.7 Å². The fraction of sp³-hybridized carbons (Fsp3) is 0.529. The Morgan fingerprint density at radius 3 is 2.70 bits per heavy atom.